The van der Waals surface area contributed by atoms with Crippen molar-refractivity contribution in [3.05, 3.63) is 70.9 Å². The standard InChI is InChI=1S/C20H16F3NO3/c21-20(22,23)14-10-5-9-13-16(19(26)27)18(25)15(24-17(13)14)11-4-8-12-6-2-1-3-7-12/h1-3,5-7,9-10,25H,4,8,11H2,(H,26,27). The Labute approximate surface area is 152 Å². The molecule has 7 heteroatoms. The van der Waals surface area contributed by atoms with Crippen LogP contribution in [0.2, 0.25) is 0 Å². The van der Waals surface area contributed by atoms with Gasteiger partial charge in [-0.15, -0.1) is 0 Å². The van der Waals surface area contributed by atoms with Gasteiger partial charge in [-0.2, -0.15) is 13.2 Å². The van der Waals surface area contributed by atoms with Crippen LogP contribution in [0.1, 0.15) is 33.6 Å². The molecule has 1 aromatic heterocycles. The number of para-hydroxylation sites is 1. The van der Waals surface area contributed by atoms with Crippen LogP contribution in [0.15, 0.2) is 48.5 Å². The minimum absolute atomic E-state index is 0.0486. The second kappa shape index (κ2) is 7.26. The topological polar surface area (TPSA) is 70.4 Å². The number of aromatic carboxylic acids is 1. The van der Waals surface area contributed by atoms with Gasteiger partial charge in [-0.3, -0.25) is 0 Å². The molecule has 2 N–H and O–H groups in total. The molecule has 0 unspecified atom stereocenters. The van der Waals surface area contributed by atoms with E-state index in [2.05, 4.69) is 4.98 Å². The summed E-state index contributed by atoms with van der Waals surface area (Å²) in [6.07, 6.45) is -3.39. The first kappa shape index (κ1) is 18.7. The van der Waals surface area contributed by atoms with Crippen LogP contribution in [-0.2, 0) is 19.0 Å². The molecule has 2 aromatic carbocycles. The average molecular weight is 375 g/mol. The average Bonchev–Trinajstić information content (AvgIpc) is 2.61. The third-order valence-electron chi connectivity index (χ3n) is 4.30. The summed E-state index contributed by atoms with van der Waals surface area (Å²) in [6.45, 7) is 0. The van der Waals surface area contributed by atoms with E-state index in [1.165, 1.54) is 6.07 Å². The lowest BCUT2D eigenvalue weighted by Crippen LogP contribution is -2.10. The molecule has 0 aliphatic heterocycles. The highest BCUT2D eigenvalue weighted by atomic mass is 19.4. The Morgan fingerprint density at radius 2 is 1.70 bits per heavy atom. The van der Waals surface area contributed by atoms with Crippen LogP contribution >= 0.6 is 0 Å². The molecule has 0 saturated carbocycles. The summed E-state index contributed by atoms with van der Waals surface area (Å²) in [5.41, 5.74) is -1.05. The first-order valence-electron chi connectivity index (χ1n) is 8.28. The van der Waals surface area contributed by atoms with Gasteiger partial charge in [0.2, 0.25) is 0 Å². The maximum absolute atomic E-state index is 13.3. The number of hydrogen-bond acceptors (Lipinski definition) is 3. The normalized spacial score (nSPS) is 11.7. The molecule has 0 radical (unpaired) electrons. The Balaban J connectivity index is 2.04. The minimum Gasteiger partial charge on any atom is -0.505 e. The van der Waals surface area contributed by atoms with Crippen molar-refractivity contribution >= 4 is 16.9 Å². The first-order valence-corrected chi connectivity index (χ1v) is 8.28. The Kier molecular flexibility index (Phi) is 5.03. The molecule has 3 rings (SSSR count). The smallest absolute Gasteiger partial charge is 0.418 e. The van der Waals surface area contributed by atoms with Gasteiger partial charge in [-0.25, -0.2) is 9.78 Å². The number of benzene rings is 2. The van der Waals surface area contributed by atoms with Crippen LogP contribution in [0.25, 0.3) is 10.9 Å². The summed E-state index contributed by atoms with van der Waals surface area (Å²) in [5.74, 6) is -2.08. The van der Waals surface area contributed by atoms with Gasteiger partial charge in [0.25, 0.3) is 0 Å². The maximum atomic E-state index is 13.3. The highest BCUT2D eigenvalue weighted by Crippen LogP contribution is 2.38. The fourth-order valence-electron chi connectivity index (χ4n) is 3.05. The number of carbonyl (C=O) groups is 1. The number of aryl methyl sites for hydroxylation is 2. The Morgan fingerprint density at radius 1 is 1.00 bits per heavy atom. The van der Waals surface area contributed by atoms with E-state index in [1.54, 1.807) is 0 Å². The number of fused-ring (bicyclic) bond motifs is 1. The molecule has 27 heavy (non-hydrogen) atoms. The fraction of sp³-hybridized carbons (Fsp3) is 0.200. The van der Waals surface area contributed by atoms with Crippen LogP contribution < -0.4 is 0 Å². The van der Waals surface area contributed by atoms with Crippen molar-refractivity contribution in [1.29, 1.82) is 0 Å². The monoisotopic (exact) mass is 375 g/mol. The lowest BCUT2D eigenvalue weighted by Gasteiger charge is -2.14. The molecule has 0 amide bonds. The van der Waals surface area contributed by atoms with Crippen molar-refractivity contribution in [3.8, 4) is 5.75 Å². The Bertz CT molecular complexity index is 985. The molecule has 0 spiro atoms. The lowest BCUT2D eigenvalue weighted by atomic mass is 10.00. The van der Waals surface area contributed by atoms with Crippen LogP contribution in [0, 0.1) is 0 Å². The molecular weight excluding hydrogens is 359 g/mol. The number of rotatable bonds is 5. The van der Waals surface area contributed by atoms with Crippen LogP contribution in [-0.4, -0.2) is 21.2 Å². The molecule has 140 valence electrons. The fourth-order valence-corrected chi connectivity index (χ4v) is 3.05. The number of aromatic nitrogens is 1. The summed E-state index contributed by atoms with van der Waals surface area (Å²) in [5, 5.41) is 19.5. The van der Waals surface area contributed by atoms with Gasteiger partial charge in [0, 0.05) is 5.39 Å². The molecule has 1 heterocycles. The largest absolute Gasteiger partial charge is 0.505 e. The van der Waals surface area contributed by atoms with Crippen molar-refractivity contribution in [2.24, 2.45) is 0 Å². The lowest BCUT2D eigenvalue weighted by molar-refractivity contribution is -0.136. The molecular formula is C20H16F3NO3. The van der Waals surface area contributed by atoms with E-state index >= 15 is 0 Å². The van der Waals surface area contributed by atoms with Crippen LogP contribution in [0.5, 0.6) is 5.75 Å². The quantitative estimate of drug-likeness (QED) is 0.670. The van der Waals surface area contributed by atoms with Crippen molar-refractivity contribution < 1.29 is 28.2 Å². The van der Waals surface area contributed by atoms with Crippen molar-refractivity contribution in [3.63, 3.8) is 0 Å². The summed E-state index contributed by atoms with van der Waals surface area (Å²) in [7, 11) is 0. The van der Waals surface area contributed by atoms with Crippen LogP contribution in [0.3, 0.4) is 0 Å². The van der Waals surface area contributed by atoms with Gasteiger partial charge < -0.3 is 10.2 Å². The highest BCUT2D eigenvalue weighted by molar-refractivity contribution is 6.06. The molecule has 0 bridgehead atoms. The maximum Gasteiger partial charge on any atom is 0.418 e. The van der Waals surface area contributed by atoms with E-state index in [0.717, 1.165) is 17.7 Å². The van der Waals surface area contributed by atoms with Gasteiger partial charge >= 0.3 is 12.1 Å². The third-order valence-corrected chi connectivity index (χ3v) is 4.30. The highest BCUT2D eigenvalue weighted by Gasteiger charge is 2.34. The minimum atomic E-state index is -4.68. The molecule has 0 aliphatic rings. The second-order valence-electron chi connectivity index (χ2n) is 6.13. The van der Waals surface area contributed by atoms with E-state index in [4.69, 9.17) is 0 Å². The number of carboxylic acids is 1. The Morgan fingerprint density at radius 3 is 2.33 bits per heavy atom. The predicted molar refractivity (Wildman–Crippen MR) is 93.8 cm³/mol. The summed E-state index contributed by atoms with van der Waals surface area (Å²) in [6, 6.07) is 12.6. The van der Waals surface area contributed by atoms with Crippen molar-refractivity contribution in [2.45, 2.75) is 25.4 Å². The number of hydrogen-bond donors (Lipinski definition) is 2. The second-order valence-corrected chi connectivity index (χ2v) is 6.13. The predicted octanol–water partition coefficient (Wildman–Crippen LogP) is 4.83. The van der Waals surface area contributed by atoms with Crippen LogP contribution in [0.4, 0.5) is 13.2 Å². The van der Waals surface area contributed by atoms with Gasteiger partial charge in [-0.05, 0) is 30.9 Å². The zero-order valence-electron chi connectivity index (χ0n) is 14.1. The molecule has 3 aromatic rings. The number of nitrogens with zero attached hydrogens (tertiary/aromatic N) is 1. The van der Waals surface area contributed by atoms with Gasteiger partial charge in [0.1, 0.15) is 5.56 Å². The Hall–Kier alpha value is -3.09. The number of alkyl halides is 3. The molecule has 0 saturated heterocycles. The van der Waals surface area contributed by atoms with Crippen molar-refractivity contribution in [2.75, 3.05) is 0 Å². The van der Waals surface area contributed by atoms with E-state index < -0.39 is 34.5 Å². The summed E-state index contributed by atoms with van der Waals surface area (Å²) < 4.78 is 39.9. The van der Waals surface area contributed by atoms with E-state index in [-0.39, 0.29) is 17.5 Å². The van der Waals surface area contributed by atoms with Crippen molar-refractivity contribution in [1.82, 2.24) is 4.98 Å². The first-order chi connectivity index (χ1) is 12.8. The SMILES string of the molecule is O=C(O)c1c(O)c(CCCc2ccccc2)nc2c(C(F)(F)F)cccc12. The summed E-state index contributed by atoms with van der Waals surface area (Å²) >= 11 is 0. The van der Waals surface area contributed by atoms with E-state index in [9.17, 15) is 28.2 Å². The van der Waals surface area contributed by atoms with Gasteiger partial charge in [0.15, 0.2) is 5.75 Å². The molecule has 0 fully saturated rings. The number of halogens is 3. The zero-order valence-corrected chi connectivity index (χ0v) is 14.1. The van der Waals surface area contributed by atoms with E-state index in [0.29, 0.717) is 12.8 Å². The number of aromatic hydroxyl groups is 1. The van der Waals surface area contributed by atoms with E-state index in [1.807, 2.05) is 30.3 Å². The summed E-state index contributed by atoms with van der Waals surface area (Å²) in [4.78, 5) is 15.6. The number of pyridine rings is 1. The third kappa shape index (κ3) is 3.86. The number of carboxylic acid groups (broad SMARTS) is 1. The van der Waals surface area contributed by atoms with Gasteiger partial charge in [-0.1, -0.05) is 42.5 Å². The molecule has 4 nitrogen and oxygen atoms in total. The van der Waals surface area contributed by atoms with Gasteiger partial charge in [0.05, 0.1) is 16.8 Å². The molecule has 0 aliphatic carbocycles. The molecule has 0 atom stereocenters. The zero-order chi connectivity index (χ0) is 19.6.